The van der Waals surface area contributed by atoms with Crippen LogP contribution in [0.5, 0.6) is 0 Å². The number of hydrogen-bond acceptors (Lipinski definition) is 5. The Kier molecular flexibility index (Phi) is 38.6. The van der Waals surface area contributed by atoms with Gasteiger partial charge in [0.2, 0.25) is 0 Å². The van der Waals surface area contributed by atoms with Crippen molar-refractivity contribution in [3.63, 3.8) is 0 Å². The molecule has 0 atom stereocenters. The van der Waals surface area contributed by atoms with Crippen LogP contribution in [0.4, 0.5) is 0 Å². The first-order valence-electron chi connectivity index (χ1n) is 2.11. The van der Waals surface area contributed by atoms with Gasteiger partial charge in [0.1, 0.15) is 0 Å². The smallest absolute Gasteiger partial charge is 0.300 e. The highest BCUT2D eigenvalue weighted by Crippen LogP contribution is 1.42. The molecule has 0 saturated carbocycles. The third-order valence-electron chi connectivity index (χ3n) is 0. The highest BCUT2D eigenvalue weighted by molar-refractivity contribution is 5.62. The molecule has 0 aromatic carbocycles. The van der Waals surface area contributed by atoms with Gasteiger partial charge in [-0.1, -0.05) is 5.04 Å². The predicted octanol–water partition coefficient (Wildman–Crippen LogP) is 0.302. The molecule has 6 nitrogen and oxygen atoms in total. The number of ether oxygens (including phenoxy) is 1. The molecule has 0 radical (unpaired) electrons. The van der Waals surface area contributed by atoms with Crippen LogP contribution in [0, 0.1) is 0 Å². The molecule has 0 spiro atoms. The Morgan fingerprint density at radius 1 is 1.30 bits per heavy atom. The van der Waals surface area contributed by atoms with E-state index in [0.717, 1.165) is 6.92 Å². The SMILES string of the molecule is CC(=O)O.COC.OOO. The van der Waals surface area contributed by atoms with Crippen molar-refractivity contribution in [1.82, 2.24) is 0 Å². The van der Waals surface area contributed by atoms with Crippen LogP contribution in [0.25, 0.3) is 0 Å². The van der Waals surface area contributed by atoms with Crippen molar-refractivity contribution in [1.29, 1.82) is 0 Å². The van der Waals surface area contributed by atoms with Crippen LogP contribution in [0.1, 0.15) is 6.92 Å². The van der Waals surface area contributed by atoms with E-state index in [-0.39, 0.29) is 0 Å². The molecule has 0 rings (SSSR count). The molecule has 0 unspecified atom stereocenters. The molecule has 0 aromatic heterocycles. The lowest BCUT2D eigenvalue weighted by atomic mass is 10.9. The van der Waals surface area contributed by atoms with E-state index in [0.29, 0.717) is 0 Å². The van der Waals surface area contributed by atoms with E-state index < -0.39 is 5.97 Å². The van der Waals surface area contributed by atoms with Gasteiger partial charge >= 0.3 is 0 Å². The molecule has 64 valence electrons. The monoisotopic (exact) mass is 156 g/mol. The van der Waals surface area contributed by atoms with Gasteiger partial charge in [0, 0.05) is 21.1 Å². The standard InChI is InChI=1S/C2H4O2.C2H6O.H2O3/c1-2(3)4;2*1-3-2/h1H3,(H,3,4);1-2H3;1-2H. The lowest BCUT2D eigenvalue weighted by molar-refractivity contribution is -0.465. The summed E-state index contributed by atoms with van der Waals surface area (Å²) in [5.74, 6) is -0.833. The number of rotatable bonds is 0. The Labute approximate surface area is 58.5 Å². The van der Waals surface area contributed by atoms with E-state index in [9.17, 15) is 0 Å². The normalized spacial score (nSPS) is 6.10. The number of carbonyl (C=O) groups is 1. The molecule has 10 heavy (non-hydrogen) atoms. The fourth-order valence-corrected chi connectivity index (χ4v) is 0. The lowest BCUT2D eigenvalue weighted by Crippen LogP contribution is -1.78. The summed E-state index contributed by atoms with van der Waals surface area (Å²) in [6.45, 7) is 1.08. The van der Waals surface area contributed by atoms with Crippen LogP contribution in [-0.4, -0.2) is 35.8 Å². The van der Waals surface area contributed by atoms with Crippen molar-refractivity contribution in [2.24, 2.45) is 0 Å². The van der Waals surface area contributed by atoms with Crippen LogP contribution in [0.2, 0.25) is 0 Å². The minimum absolute atomic E-state index is 0.833. The Morgan fingerprint density at radius 3 is 1.30 bits per heavy atom. The Morgan fingerprint density at radius 2 is 1.30 bits per heavy atom. The quantitative estimate of drug-likeness (QED) is 0.345. The predicted molar refractivity (Wildman–Crippen MR) is 32.6 cm³/mol. The van der Waals surface area contributed by atoms with E-state index in [4.69, 9.17) is 20.4 Å². The second-order valence-electron chi connectivity index (χ2n) is 1.01. The van der Waals surface area contributed by atoms with Gasteiger partial charge in [-0.2, -0.15) is 0 Å². The van der Waals surface area contributed by atoms with Crippen molar-refractivity contribution in [3.8, 4) is 0 Å². The van der Waals surface area contributed by atoms with Gasteiger partial charge in [0.15, 0.2) is 0 Å². The highest BCUT2D eigenvalue weighted by atomic mass is 17.4. The first-order chi connectivity index (χ1) is 4.56. The van der Waals surface area contributed by atoms with Crippen molar-refractivity contribution >= 4 is 5.97 Å². The molecular weight excluding hydrogens is 144 g/mol. The summed E-state index contributed by atoms with van der Waals surface area (Å²) in [6.07, 6.45) is 0. The molecule has 3 N–H and O–H groups in total. The third-order valence-corrected chi connectivity index (χ3v) is 0. The van der Waals surface area contributed by atoms with Crippen LogP contribution in [0.15, 0.2) is 0 Å². The summed E-state index contributed by atoms with van der Waals surface area (Å²) < 4.78 is 4.25. The van der Waals surface area contributed by atoms with Crippen molar-refractivity contribution < 1.29 is 30.2 Å². The first-order valence-corrected chi connectivity index (χ1v) is 2.11. The van der Waals surface area contributed by atoms with E-state index in [1.807, 2.05) is 0 Å². The molecule has 0 aliphatic carbocycles. The Hall–Kier alpha value is -0.690. The van der Waals surface area contributed by atoms with Crippen LogP contribution < -0.4 is 0 Å². The maximum atomic E-state index is 9.00. The average Bonchev–Trinajstić information content (AvgIpc) is 1.65. The fourth-order valence-electron chi connectivity index (χ4n) is 0. The summed E-state index contributed by atoms with van der Waals surface area (Å²) in [7, 11) is 3.25. The van der Waals surface area contributed by atoms with Gasteiger partial charge < -0.3 is 9.84 Å². The molecule has 0 heterocycles. The summed E-state index contributed by atoms with van der Waals surface area (Å²) in [4.78, 5) is 9.00. The minimum atomic E-state index is -0.833. The molecule has 6 heteroatoms. The first kappa shape index (κ1) is 16.1. The van der Waals surface area contributed by atoms with Crippen molar-refractivity contribution in [3.05, 3.63) is 0 Å². The van der Waals surface area contributed by atoms with E-state index >= 15 is 0 Å². The molecular formula is C4H12O6. The van der Waals surface area contributed by atoms with Crippen LogP contribution in [-0.2, 0) is 14.6 Å². The second kappa shape index (κ2) is 23.9. The number of carboxylic acid groups (broad SMARTS) is 1. The number of hydrogen-bond donors (Lipinski definition) is 3. The molecule has 0 saturated heterocycles. The zero-order valence-electron chi connectivity index (χ0n) is 6.07. The summed E-state index contributed by atoms with van der Waals surface area (Å²) >= 11 is 0. The van der Waals surface area contributed by atoms with Crippen molar-refractivity contribution in [2.45, 2.75) is 6.92 Å². The Bertz CT molecular complexity index is 47.7. The molecule has 0 bridgehead atoms. The highest BCUT2D eigenvalue weighted by Gasteiger charge is 1.65. The largest absolute Gasteiger partial charge is 0.481 e. The van der Waals surface area contributed by atoms with E-state index in [1.165, 1.54) is 0 Å². The zero-order valence-corrected chi connectivity index (χ0v) is 6.07. The molecule has 0 amide bonds. The fraction of sp³-hybridized carbons (Fsp3) is 0.750. The summed E-state index contributed by atoms with van der Waals surface area (Å²) in [6, 6.07) is 0. The van der Waals surface area contributed by atoms with Gasteiger partial charge in [-0.3, -0.25) is 4.79 Å². The van der Waals surface area contributed by atoms with E-state index in [1.54, 1.807) is 14.2 Å². The minimum Gasteiger partial charge on any atom is -0.481 e. The lowest BCUT2D eigenvalue weighted by Gasteiger charge is -1.61. The molecule has 0 aliphatic heterocycles. The van der Waals surface area contributed by atoms with Gasteiger partial charge in [0.25, 0.3) is 5.97 Å². The van der Waals surface area contributed by atoms with Crippen LogP contribution >= 0.6 is 0 Å². The molecule has 0 aliphatic rings. The number of carboxylic acids is 1. The average molecular weight is 156 g/mol. The summed E-state index contributed by atoms with van der Waals surface area (Å²) in [5.41, 5.74) is 0. The van der Waals surface area contributed by atoms with Crippen LogP contribution in [0.3, 0.4) is 0 Å². The number of methoxy groups -OCH3 is 1. The van der Waals surface area contributed by atoms with Gasteiger partial charge in [0.05, 0.1) is 0 Å². The molecule has 0 aromatic rings. The maximum absolute atomic E-state index is 9.00. The van der Waals surface area contributed by atoms with Gasteiger partial charge in [-0.15, -0.1) is 0 Å². The topological polar surface area (TPSA) is 96.2 Å². The summed E-state index contributed by atoms with van der Waals surface area (Å²) in [5, 5.41) is 22.9. The number of aliphatic carboxylic acids is 1. The van der Waals surface area contributed by atoms with Crippen molar-refractivity contribution in [2.75, 3.05) is 14.2 Å². The molecule has 0 fully saturated rings. The Balaban J connectivity index is -0.0000000750. The van der Waals surface area contributed by atoms with E-state index in [2.05, 4.69) is 9.78 Å². The maximum Gasteiger partial charge on any atom is 0.300 e. The zero-order chi connectivity index (χ0) is 8.99. The third kappa shape index (κ3) is 611. The van der Waals surface area contributed by atoms with Gasteiger partial charge in [-0.25, -0.2) is 10.5 Å². The second-order valence-corrected chi connectivity index (χ2v) is 1.01. The van der Waals surface area contributed by atoms with Gasteiger partial charge in [-0.05, 0) is 0 Å².